The predicted molar refractivity (Wildman–Crippen MR) is 61.2 cm³/mol. The second kappa shape index (κ2) is 5.96. The van der Waals surface area contributed by atoms with Gasteiger partial charge in [0, 0.05) is 5.88 Å². The Hall–Kier alpha value is -0.760. The predicted octanol–water partition coefficient (Wildman–Crippen LogP) is 3.64. The molecule has 0 N–H and O–H groups in total. The number of hydrogen-bond acceptors (Lipinski definition) is 1. The van der Waals surface area contributed by atoms with Crippen LogP contribution in [0.4, 0.5) is 4.39 Å². The zero-order valence-corrected chi connectivity index (χ0v) is 9.85. The molecule has 1 rings (SSSR count). The Morgan fingerprint density at radius 2 is 2.20 bits per heavy atom. The van der Waals surface area contributed by atoms with Crippen molar-refractivity contribution in [2.75, 3.05) is 13.0 Å². The van der Waals surface area contributed by atoms with Gasteiger partial charge in [0.25, 0.3) is 0 Å². The number of ether oxygens (including phenoxy) is 1. The van der Waals surface area contributed by atoms with Gasteiger partial charge in [-0.3, -0.25) is 0 Å². The van der Waals surface area contributed by atoms with Crippen LogP contribution < -0.4 is 4.74 Å². The Morgan fingerprint density at radius 3 is 2.73 bits per heavy atom. The SMILES string of the molecule is COc1ccc(CCC(C)CCl)cc1F. The Kier molecular flexibility index (Phi) is 4.89. The summed E-state index contributed by atoms with van der Waals surface area (Å²) in [5.74, 6) is 1.12. The summed E-state index contributed by atoms with van der Waals surface area (Å²) in [5, 5.41) is 0. The highest BCUT2D eigenvalue weighted by molar-refractivity contribution is 6.18. The zero-order chi connectivity index (χ0) is 11.3. The number of hydrogen-bond donors (Lipinski definition) is 0. The van der Waals surface area contributed by atoms with Crippen molar-refractivity contribution in [3.63, 3.8) is 0 Å². The largest absolute Gasteiger partial charge is 0.494 e. The second-order valence-corrected chi connectivity index (χ2v) is 4.08. The molecule has 0 aliphatic heterocycles. The van der Waals surface area contributed by atoms with Gasteiger partial charge in [0.15, 0.2) is 11.6 Å². The highest BCUT2D eigenvalue weighted by atomic mass is 35.5. The topological polar surface area (TPSA) is 9.23 Å². The molecule has 1 unspecified atom stereocenters. The fraction of sp³-hybridized carbons (Fsp3) is 0.500. The lowest BCUT2D eigenvalue weighted by atomic mass is 10.0. The van der Waals surface area contributed by atoms with E-state index in [4.69, 9.17) is 16.3 Å². The van der Waals surface area contributed by atoms with E-state index in [1.807, 2.05) is 6.07 Å². The lowest BCUT2D eigenvalue weighted by Gasteiger charge is -2.08. The molecule has 0 saturated carbocycles. The molecule has 1 aromatic rings. The molecular formula is C12H16ClFO. The van der Waals surface area contributed by atoms with Crippen molar-refractivity contribution in [1.82, 2.24) is 0 Å². The van der Waals surface area contributed by atoms with Crippen LogP contribution in [0.15, 0.2) is 18.2 Å². The van der Waals surface area contributed by atoms with Gasteiger partial charge in [-0.15, -0.1) is 11.6 Å². The summed E-state index contributed by atoms with van der Waals surface area (Å²) in [7, 11) is 1.47. The average molecular weight is 231 g/mol. The third kappa shape index (κ3) is 3.71. The van der Waals surface area contributed by atoms with E-state index in [-0.39, 0.29) is 5.82 Å². The number of rotatable bonds is 5. The third-order valence-electron chi connectivity index (χ3n) is 2.41. The van der Waals surface area contributed by atoms with Crippen molar-refractivity contribution >= 4 is 11.6 Å². The molecular weight excluding hydrogens is 215 g/mol. The van der Waals surface area contributed by atoms with Crippen molar-refractivity contribution in [2.24, 2.45) is 5.92 Å². The van der Waals surface area contributed by atoms with Crippen molar-refractivity contribution < 1.29 is 9.13 Å². The zero-order valence-electron chi connectivity index (χ0n) is 9.09. The van der Waals surface area contributed by atoms with Gasteiger partial charge in [0.2, 0.25) is 0 Å². The Labute approximate surface area is 95.2 Å². The fourth-order valence-corrected chi connectivity index (χ4v) is 1.51. The summed E-state index contributed by atoms with van der Waals surface area (Å²) in [6.07, 6.45) is 1.84. The molecule has 0 bridgehead atoms. The maximum Gasteiger partial charge on any atom is 0.165 e. The molecule has 0 saturated heterocycles. The number of aryl methyl sites for hydroxylation is 1. The summed E-state index contributed by atoms with van der Waals surface area (Å²) >= 11 is 5.70. The van der Waals surface area contributed by atoms with Gasteiger partial charge >= 0.3 is 0 Å². The minimum Gasteiger partial charge on any atom is -0.494 e. The Balaban J connectivity index is 2.59. The van der Waals surface area contributed by atoms with Gasteiger partial charge in [-0.2, -0.15) is 0 Å². The van der Waals surface area contributed by atoms with E-state index in [0.29, 0.717) is 17.5 Å². The quantitative estimate of drug-likeness (QED) is 0.702. The maximum atomic E-state index is 13.3. The maximum absolute atomic E-state index is 13.3. The molecule has 15 heavy (non-hydrogen) atoms. The minimum absolute atomic E-state index is 0.296. The molecule has 0 fully saturated rings. The van der Waals surface area contributed by atoms with E-state index in [1.54, 1.807) is 6.07 Å². The van der Waals surface area contributed by atoms with E-state index in [1.165, 1.54) is 13.2 Å². The molecule has 0 aromatic heterocycles. The molecule has 0 aliphatic carbocycles. The van der Waals surface area contributed by atoms with Crippen molar-refractivity contribution in [3.8, 4) is 5.75 Å². The summed E-state index contributed by atoms with van der Waals surface area (Å²) in [6.45, 7) is 2.09. The summed E-state index contributed by atoms with van der Waals surface area (Å²) in [4.78, 5) is 0. The molecule has 0 radical (unpaired) electrons. The van der Waals surface area contributed by atoms with Crippen molar-refractivity contribution in [2.45, 2.75) is 19.8 Å². The normalized spacial score (nSPS) is 12.5. The summed E-state index contributed by atoms with van der Waals surface area (Å²) < 4.78 is 18.2. The van der Waals surface area contributed by atoms with Crippen LogP contribution in [0.2, 0.25) is 0 Å². The fourth-order valence-electron chi connectivity index (χ4n) is 1.36. The highest BCUT2D eigenvalue weighted by Crippen LogP contribution is 2.19. The van der Waals surface area contributed by atoms with Gasteiger partial charge in [-0.1, -0.05) is 13.0 Å². The van der Waals surface area contributed by atoms with Crippen molar-refractivity contribution in [3.05, 3.63) is 29.6 Å². The first-order valence-electron chi connectivity index (χ1n) is 5.05. The molecule has 0 aliphatic rings. The average Bonchev–Trinajstić information content (AvgIpc) is 2.26. The second-order valence-electron chi connectivity index (χ2n) is 3.77. The first-order chi connectivity index (χ1) is 7.17. The Morgan fingerprint density at radius 1 is 1.47 bits per heavy atom. The number of benzene rings is 1. The molecule has 84 valence electrons. The first-order valence-corrected chi connectivity index (χ1v) is 5.59. The van der Waals surface area contributed by atoms with E-state index < -0.39 is 0 Å². The van der Waals surface area contributed by atoms with E-state index >= 15 is 0 Å². The molecule has 0 heterocycles. The number of halogens is 2. The third-order valence-corrected chi connectivity index (χ3v) is 2.93. The van der Waals surface area contributed by atoms with Crippen LogP contribution >= 0.6 is 11.6 Å². The lowest BCUT2D eigenvalue weighted by Crippen LogP contribution is -1.99. The first kappa shape index (κ1) is 12.3. The van der Waals surface area contributed by atoms with Crippen LogP contribution in [0.25, 0.3) is 0 Å². The van der Waals surface area contributed by atoms with Crippen LogP contribution in [0, 0.1) is 11.7 Å². The lowest BCUT2D eigenvalue weighted by molar-refractivity contribution is 0.386. The minimum atomic E-state index is -0.298. The van der Waals surface area contributed by atoms with Gasteiger partial charge in [-0.25, -0.2) is 4.39 Å². The number of alkyl halides is 1. The van der Waals surface area contributed by atoms with Gasteiger partial charge < -0.3 is 4.74 Å². The number of methoxy groups -OCH3 is 1. The van der Waals surface area contributed by atoms with Crippen LogP contribution in [0.1, 0.15) is 18.9 Å². The molecule has 0 spiro atoms. The molecule has 0 amide bonds. The summed E-state index contributed by atoms with van der Waals surface area (Å²) in [5.41, 5.74) is 0.991. The Bertz CT molecular complexity index is 314. The van der Waals surface area contributed by atoms with Gasteiger partial charge in [-0.05, 0) is 36.5 Å². The molecule has 1 aromatic carbocycles. The molecule has 1 nitrogen and oxygen atoms in total. The van der Waals surface area contributed by atoms with Crippen LogP contribution in [-0.4, -0.2) is 13.0 Å². The van der Waals surface area contributed by atoms with Crippen molar-refractivity contribution in [1.29, 1.82) is 0 Å². The van der Waals surface area contributed by atoms with Crippen LogP contribution in [-0.2, 0) is 6.42 Å². The monoisotopic (exact) mass is 230 g/mol. The molecule has 3 heteroatoms. The van der Waals surface area contributed by atoms with Gasteiger partial charge in [0.1, 0.15) is 0 Å². The highest BCUT2D eigenvalue weighted by Gasteiger charge is 2.05. The van der Waals surface area contributed by atoms with Crippen LogP contribution in [0.5, 0.6) is 5.75 Å². The summed E-state index contributed by atoms with van der Waals surface area (Å²) in [6, 6.07) is 5.08. The smallest absolute Gasteiger partial charge is 0.165 e. The molecule has 1 atom stereocenters. The van der Waals surface area contributed by atoms with Crippen LogP contribution in [0.3, 0.4) is 0 Å². The van der Waals surface area contributed by atoms with E-state index in [0.717, 1.165) is 18.4 Å². The van der Waals surface area contributed by atoms with Gasteiger partial charge in [0.05, 0.1) is 7.11 Å². The van der Waals surface area contributed by atoms with E-state index in [2.05, 4.69) is 6.92 Å². The standard InChI is InChI=1S/C12H16ClFO/c1-9(8-13)3-4-10-5-6-12(15-2)11(14)7-10/h5-7,9H,3-4,8H2,1-2H3. The van der Waals surface area contributed by atoms with E-state index in [9.17, 15) is 4.39 Å².